The van der Waals surface area contributed by atoms with Gasteiger partial charge in [-0.25, -0.2) is 0 Å². The van der Waals surface area contributed by atoms with Gasteiger partial charge in [0.1, 0.15) is 0 Å². The van der Waals surface area contributed by atoms with E-state index in [1.54, 1.807) is 0 Å². The monoisotopic (exact) mass is 432 g/mol. The van der Waals surface area contributed by atoms with Crippen molar-refractivity contribution >= 4 is 30.3 Å². The molecule has 0 amide bonds. The summed E-state index contributed by atoms with van der Waals surface area (Å²) in [4.78, 5) is 0. The van der Waals surface area contributed by atoms with E-state index in [9.17, 15) is 0 Å². The van der Waals surface area contributed by atoms with Gasteiger partial charge in [-0.15, -0.1) is 0 Å². The lowest BCUT2D eigenvalue weighted by molar-refractivity contribution is 0.771. The number of fused-ring (bicyclic) bond motifs is 3. The summed E-state index contributed by atoms with van der Waals surface area (Å²) in [7, 11) is 0. The minimum absolute atomic E-state index is 0.0299. The predicted octanol–water partition coefficient (Wildman–Crippen LogP) is 6.09. The Bertz CT molecular complexity index is 984. The molecule has 5 rings (SSSR count). The second-order valence-corrected chi connectivity index (χ2v) is 8.44. The Labute approximate surface area is 158 Å². The maximum Gasteiger partial charge on any atom is 0.0717 e. The number of benzene rings is 3. The first kappa shape index (κ1) is 15.0. The number of hydrogen-bond acceptors (Lipinski definition) is 0. The Morgan fingerprint density at radius 3 is 1.92 bits per heavy atom. The van der Waals surface area contributed by atoms with Crippen LogP contribution in [0, 0.1) is 0 Å². The van der Waals surface area contributed by atoms with Crippen LogP contribution in [0.2, 0.25) is 0 Å². The Kier molecular flexibility index (Phi) is 3.56. The maximum absolute atomic E-state index is 2.52. The minimum atomic E-state index is -0.196. The van der Waals surface area contributed by atoms with E-state index in [1.165, 1.54) is 33.4 Å². The van der Waals surface area contributed by atoms with Gasteiger partial charge in [0.2, 0.25) is 0 Å². The number of allylic oxidation sites excluding steroid dienone is 3. The van der Waals surface area contributed by atoms with E-state index in [1.807, 2.05) is 0 Å². The predicted molar refractivity (Wildman–Crippen MR) is 115 cm³/mol. The molecule has 25 heavy (non-hydrogen) atoms. The van der Waals surface area contributed by atoms with Crippen LogP contribution in [-0.4, -0.2) is 4.01 Å². The molecule has 0 unspecified atom stereocenters. The van der Waals surface area contributed by atoms with E-state index < -0.39 is 0 Å². The van der Waals surface area contributed by atoms with Crippen molar-refractivity contribution in [2.24, 2.45) is 0 Å². The van der Waals surface area contributed by atoms with Gasteiger partial charge >= 0.3 is 0 Å². The van der Waals surface area contributed by atoms with Gasteiger partial charge in [-0.1, -0.05) is 106 Å². The molecule has 0 nitrogen and oxygen atoms in total. The fourth-order valence-corrected chi connectivity index (χ4v) is 6.16. The van der Waals surface area contributed by atoms with Crippen molar-refractivity contribution in [2.75, 3.05) is 0 Å². The molecular formula is C24H17I. The summed E-state index contributed by atoms with van der Waals surface area (Å²) in [6.45, 7) is 0. The molecule has 1 heteroatoms. The van der Waals surface area contributed by atoms with Gasteiger partial charge in [-0.3, -0.25) is 0 Å². The first-order valence-electron chi connectivity index (χ1n) is 8.50. The summed E-state index contributed by atoms with van der Waals surface area (Å²) in [5.41, 5.74) is 8.17. The smallest absolute Gasteiger partial charge is 0.0717 e. The van der Waals surface area contributed by atoms with E-state index in [-0.39, 0.29) is 26.1 Å². The quantitative estimate of drug-likeness (QED) is 0.430. The van der Waals surface area contributed by atoms with Crippen LogP contribution in [0.15, 0.2) is 101 Å². The number of hydrogen-bond donors (Lipinski definition) is 0. The molecule has 0 saturated carbocycles. The van der Waals surface area contributed by atoms with Crippen LogP contribution in [0.3, 0.4) is 0 Å². The van der Waals surface area contributed by atoms with Gasteiger partial charge in [0.05, 0.1) is 5.41 Å². The highest BCUT2D eigenvalue weighted by Gasteiger charge is 2.48. The van der Waals surface area contributed by atoms with E-state index >= 15 is 0 Å². The molecule has 2 aliphatic rings. The largest absolute Gasteiger partial charge is 0.0933 e. The molecular weight excluding hydrogens is 415 g/mol. The normalized spacial score (nSPS) is 17.0. The van der Waals surface area contributed by atoms with Crippen molar-refractivity contribution in [3.8, 4) is 0 Å². The van der Waals surface area contributed by atoms with Gasteiger partial charge in [0.25, 0.3) is 0 Å². The molecule has 1 aliphatic carbocycles. The van der Waals surface area contributed by atoms with Gasteiger partial charge in [0.15, 0.2) is 0 Å². The van der Waals surface area contributed by atoms with Gasteiger partial charge in [0, 0.05) is 0 Å². The van der Waals surface area contributed by atoms with Gasteiger partial charge < -0.3 is 0 Å². The zero-order valence-electron chi connectivity index (χ0n) is 13.7. The van der Waals surface area contributed by atoms with Crippen LogP contribution in [-0.2, 0) is 5.41 Å². The average Bonchev–Trinajstić information content (AvgIpc) is 3.01. The zero-order valence-corrected chi connectivity index (χ0v) is 15.9. The van der Waals surface area contributed by atoms with Gasteiger partial charge in [-0.2, -0.15) is 0 Å². The Morgan fingerprint density at radius 2 is 1.24 bits per heavy atom. The van der Waals surface area contributed by atoms with E-state index in [2.05, 4.69) is 99.1 Å². The van der Waals surface area contributed by atoms with Crippen molar-refractivity contribution in [1.82, 2.24) is 0 Å². The SMILES string of the molecule is C1=IC=C2C(=C1)c1ccccc1C2(c1ccccc1)c1ccccc1. The highest BCUT2D eigenvalue weighted by molar-refractivity contribution is 14.2. The Morgan fingerprint density at radius 1 is 0.640 bits per heavy atom. The zero-order chi connectivity index (χ0) is 16.7. The molecule has 120 valence electrons. The molecule has 1 heterocycles. The van der Waals surface area contributed by atoms with E-state index in [0.717, 1.165) is 0 Å². The van der Waals surface area contributed by atoms with Crippen molar-refractivity contribution < 1.29 is 0 Å². The summed E-state index contributed by atoms with van der Waals surface area (Å²) < 4.78 is 4.90. The molecule has 3 aromatic carbocycles. The third-order valence-corrected chi connectivity index (χ3v) is 6.96. The second-order valence-electron chi connectivity index (χ2n) is 6.38. The van der Waals surface area contributed by atoms with Crippen molar-refractivity contribution in [2.45, 2.75) is 5.41 Å². The molecule has 0 aromatic heterocycles. The molecule has 0 fully saturated rings. The Hall–Kier alpha value is -2.26. The Balaban J connectivity index is 1.96. The second kappa shape index (κ2) is 5.92. The number of rotatable bonds is 2. The first-order chi connectivity index (χ1) is 12.4. The maximum atomic E-state index is 2.52. The van der Waals surface area contributed by atoms with Crippen LogP contribution >= 0.6 is 20.7 Å². The van der Waals surface area contributed by atoms with Crippen molar-refractivity contribution in [1.29, 1.82) is 0 Å². The van der Waals surface area contributed by atoms with Gasteiger partial charge in [-0.05, 0) is 47.6 Å². The number of halogens is 1. The van der Waals surface area contributed by atoms with Crippen molar-refractivity contribution in [3.05, 3.63) is 123 Å². The summed E-state index contributed by atoms with van der Waals surface area (Å²) >= 11 is -0.0299. The highest BCUT2D eigenvalue weighted by Crippen LogP contribution is 2.58. The molecule has 0 bridgehead atoms. The van der Waals surface area contributed by atoms with E-state index in [4.69, 9.17) is 0 Å². The van der Waals surface area contributed by atoms with Crippen LogP contribution in [0.5, 0.6) is 0 Å². The summed E-state index contributed by atoms with van der Waals surface area (Å²) in [6, 6.07) is 30.9. The lowest BCUT2D eigenvalue weighted by Gasteiger charge is -2.34. The summed E-state index contributed by atoms with van der Waals surface area (Å²) in [6.07, 6.45) is 2.36. The first-order valence-corrected chi connectivity index (χ1v) is 11.0. The van der Waals surface area contributed by atoms with E-state index in [0.29, 0.717) is 0 Å². The fraction of sp³-hybridized carbons (Fsp3) is 0.0417. The third kappa shape index (κ3) is 2.09. The van der Waals surface area contributed by atoms with Crippen molar-refractivity contribution in [3.63, 3.8) is 0 Å². The average molecular weight is 432 g/mol. The highest BCUT2D eigenvalue weighted by atomic mass is 127. The molecule has 0 N–H and O–H groups in total. The standard InChI is InChI=1S/C24H17I/c1-3-9-18(10-4-1)24(19-11-5-2-6-12-19)22-14-8-7-13-20(22)21-15-16-25-17-23(21)24/h1-17H. The lowest BCUT2D eigenvalue weighted by Crippen LogP contribution is -2.28. The topological polar surface area (TPSA) is 0 Å². The van der Waals surface area contributed by atoms with Crippen LogP contribution in [0.25, 0.3) is 5.57 Å². The molecule has 0 spiro atoms. The minimum Gasteiger partial charge on any atom is -0.0933 e. The molecule has 1 aliphatic heterocycles. The molecule has 3 aromatic rings. The molecule has 0 radical (unpaired) electrons. The molecule has 0 atom stereocenters. The summed E-state index contributed by atoms with van der Waals surface area (Å²) in [5, 5.41) is 0. The lowest BCUT2D eigenvalue weighted by atomic mass is 9.68. The third-order valence-electron chi connectivity index (χ3n) is 5.20. The van der Waals surface area contributed by atoms with Crippen LogP contribution < -0.4 is 0 Å². The van der Waals surface area contributed by atoms with Crippen LogP contribution in [0.1, 0.15) is 22.3 Å². The van der Waals surface area contributed by atoms with Crippen LogP contribution in [0.4, 0.5) is 0 Å². The fourth-order valence-electron chi connectivity index (χ4n) is 4.22. The molecule has 0 saturated heterocycles. The summed E-state index contributed by atoms with van der Waals surface area (Å²) in [5.74, 6) is 0.